The molecule has 1 aromatic heterocycles. The monoisotopic (exact) mass is 588 g/mol. The molecule has 1 N–H and O–H groups in total. The standard InChI is InChI=1S/C35H41FN2O5/c1-21(35(39)40)34(23-7-8-23)25-9-6-22-11-13-31(43-32(22)16-25)24-10-12-28(29-17-33(42-3)37-18-30(29)36)26(15-24)19-38-14-4-5-27(20-38)41-2/h6,9-10,12,15-18,21,23,27,31,34H,4-5,7-8,11,13-14,19-20H2,1-3H3,(H,39,40)/t21-,27?,31?,34?/m0/s1. The van der Waals surface area contributed by atoms with Gasteiger partial charge in [-0.1, -0.05) is 37.3 Å². The number of aromatic nitrogens is 1. The number of nitrogens with zero attached hydrogens (tertiary/aromatic N) is 2. The SMILES string of the molecule is COc1cc(-c2ccc(C3CCc4ccc(C(C5CC5)[C@H](C)C(=O)O)cc4O3)cc2CN2CCCC(OC)C2)c(F)cn1. The summed E-state index contributed by atoms with van der Waals surface area (Å²) in [6.07, 6.45) is 7.19. The van der Waals surface area contributed by atoms with Gasteiger partial charge in [0.1, 0.15) is 17.7 Å². The molecule has 8 heteroatoms. The van der Waals surface area contributed by atoms with E-state index in [2.05, 4.69) is 34.1 Å². The lowest BCUT2D eigenvalue weighted by molar-refractivity contribution is -0.142. The lowest BCUT2D eigenvalue weighted by Crippen LogP contribution is -2.38. The summed E-state index contributed by atoms with van der Waals surface area (Å²) in [6, 6.07) is 14.1. The molecule has 228 valence electrons. The Bertz CT molecular complexity index is 1470. The molecule has 3 heterocycles. The van der Waals surface area contributed by atoms with Crippen LogP contribution in [0.2, 0.25) is 0 Å². The molecule has 3 unspecified atom stereocenters. The average Bonchev–Trinajstić information content (AvgIpc) is 3.86. The van der Waals surface area contributed by atoms with Crippen LogP contribution in [0.25, 0.3) is 11.1 Å². The summed E-state index contributed by atoms with van der Waals surface area (Å²) < 4.78 is 32.8. The smallest absolute Gasteiger partial charge is 0.306 e. The van der Waals surface area contributed by atoms with E-state index in [9.17, 15) is 9.90 Å². The van der Waals surface area contributed by atoms with Crippen LogP contribution in [0.15, 0.2) is 48.7 Å². The van der Waals surface area contributed by atoms with Gasteiger partial charge in [-0.15, -0.1) is 0 Å². The van der Waals surface area contributed by atoms with Crippen molar-refractivity contribution in [1.82, 2.24) is 9.88 Å². The summed E-state index contributed by atoms with van der Waals surface area (Å²) in [7, 11) is 3.29. The van der Waals surface area contributed by atoms with Crippen molar-refractivity contribution in [2.75, 3.05) is 27.3 Å². The minimum atomic E-state index is -0.755. The van der Waals surface area contributed by atoms with Crippen LogP contribution in [0.5, 0.6) is 11.6 Å². The number of rotatable bonds is 10. The van der Waals surface area contributed by atoms with Gasteiger partial charge in [0.15, 0.2) is 0 Å². The first-order valence-electron chi connectivity index (χ1n) is 15.4. The molecule has 2 aliphatic heterocycles. The Morgan fingerprint density at radius 2 is 1.95 bits per heavy atom. The van der Waals surface area contributed by atoms with Crippen molar-refractivity contribution in [3.8, 4) is 22.8 Å². The van der Waals surface area contributed by atoms with E-state index in [4.69, 9.17) is 14.2 Å². The first-order valence-corrected chi connectivity index (χ1v) is 15.4. The lowest BCUT2D eigenvalue weighted by atomic mass is 9.82. The zero-order chi connectivity index (χ0) is 30.1. The number of fused-ring (bicyclic) bond motifs is 1. The Morgan fingerprint density at radius 3 is 2.70 bits per heavy atom. The Hall–Kier alpha value is -3.49. The topological polar surface area (TPSA) is 81.1 Å². The highest BCUT2D eigenvalue weighted by molar-refractivity contribution is 5.71. The van der Waals surface area contributed by atoms with Gasteiger partial charge in [-0.05, 0) is 90.8 Å². The van der Waals surface area contributed by atoms with Crippen LogP contribution >= 0.6 is 0 Å². The maximum absolute atomic E-state index is 15.1. The normalized spacial score (nSPS) is 21.9. The van der Waals surface area contributed by atoms with Gasteiger partial charge in [0.2, 0.25) is 5.88 Å². The van der Waals surface area contributed by atoms with E-state index in [0.717, 1.165) is 85.2 Å². The van der Waals surface area contributed by atoms with Gasteiger partial charge in [-0.2, -0.15) is 0 Å². The van der Waals surface area contributed by atoms with E-state index in [-0.39, 0.29) is 23.9 Å². The Kier molecular flexibility index (Phi) is 8.68. The second kappa shape index (κ2) is 12.6. The van der Waals surface area contributed by atoms with Gasteiger partial charge in [-0.3, -0.25) is 9.69 Å². The predicted octanol–water partition coefficient (Wildman–Crippen LogP) is 6.79. The third kappa shape index (κ3) is 6.41. The van der Waals surface area contributed by atoms with Crippen molar-refractivity contribution in [3.05, 3.63) is 76.7 Å². The number of methoxy groups -OCH3 is 2. The van der Waals surface area contributed by atoms with Crippen LogP contribution in [0.1, 0.15) is 73.3 Å². The Balaban J connectivity index is 1.31. The molecule has 3 aromatic rings. The van der Waals surface area contributed by atoms with Gasteiger partial charge in [0, 0.05) is 31.8 Å². The number of carboxylic acids is 1. The van der Waals surface area contributed by atoms with Crippen LogP contribution < -0.4 is 9.47 Å². The zero-order valence-electron chi connectivity index (χ0n) is 25.2. The second-order valence-electron chi connectivity index (χ2n) is 12.4. The van der Waals surface area contributed by atoms with Crippen molar-refractivity contribution < 1.29 is 28.5 Å². The Morgan fingerprint density at radius 1 is 1.12 bits per heavy atom. The number of carboxylic acid groups (broad SMARTS) is 1. The second-order valence-corrected chi connectivity index (χ2v) is 12.4. The number of halogens is 1. The van der Waals surface area contributed by atoms with Crippen LogP contribution in [-0.2, 0) is 22.5 Å². The van der Waals surface area contributed by atoms with Crippen molar-refractivity contribution in [3.63, 3.8) is 0 Å². The first kappa shape index (κ1) is 29.6. The molecule has 0 spiro atoms. The highest BCUT2D eigenvalue weighted by atomic mass is 19.1. The fourth-order valence-corrected chi connectivity index (χ4v) is 6.94. The van der Waals surface area contributed by atoms with Gasteiger partial charge in [0.05, 0.1) is 25.3 Å². The summed E-state index contributed by atoms with van der Waals surface area (Å²) in [6.45, 7) is 4.26. The number of hydrogen-bond donors (Lipinski definition) is 1. The molecule has 0 amide bonds. The summed E-state index contributed by atoms with van der Waals surface area (Å²) >= 11 is 0. The maximum Gasteiger partial charge on any atom is 0.306 e. The molecule has 0 radical (unpaired) electrons. The molecule has 1 saturated carbocycles. The van der Waals surface area contributed by atoms with Gasteiger partial charge in [0.25, 0.3) is 0 Å². The number of ether oxygens (including phenoxy) is 3. The maximum atomic E-state index is 15.1. The molecule has 3 aliphatic rings. The summed E-state index contributed by atoms with van der Waals surface area (Å²) in [5.41, 5.74) is 5.55. The molecule has 6 rings (SSSR count). The summed E-state index contributed by atoms with van der Waals surface area (Å²) in [5, 5.41) is 9.77. The molecule has 0 bridgehead atoms. The molecular weight excluding hydrogens is 547 g/mol. The summed E-state index contributed by atoms with van der Waals surface area (Å²) in [4.78, 5) is 18.3. The predicted molar refractivity (Wildman–Crippen MR) is 162 cm³/mol. The first-order chi connectivity index (χ1) is 20.8. The number of aryl methyl sites for hydroxylation is 1. The minimum absolute atomic E-state index is 0.00891. The van der Waals surface area contributed by atoms with Gasteiger partial charge in [-0.25, -0.2) is 9.37 Å². The molecule has 1 aliphatic carbocycles. The van der Waals surface area contributed by atoms with E-state index < -0.39 is 11.9 Å². The highest BCUT2D eigenvalue weighted by Gasteiger charge is 2.39. The van der Waals surface area contributed by atoms with Crippen LogP contribution in [0, 0.1) is 17.7 Å². The number of hydrogen-bond acceptors (Lipinski definition) is 6. The van der Waals surface area contributed by atoms with Crippen molar-refractivity contribution in [1.29, 1.82) is 0 Å². The van der Waals surface area contributed by atoms with E-state index in [1.807, 2.05) is 19.1 Å². The highest BCUT2D eigenvalue weighted by Crippen LogP contribution is 2.48. The lowest BCUT2D eigenvalue weighted by Gasteiger charge is -2.33. The fourth-order valence-electron chi connectivity index (χ4n) is 6.94. The molecule has 2 fully saturated rings. The van der Waals surface area contributed by atoms with Crippen LogP contribution in [-0.4, -0.2) is 54.4 Å². The van der Waals surface area contributed by atoms with Crippen LogP contribution in [0.3, 0.4) is 0 Å². The van der Waals surface area contributed by atoms with Crippen molar-refractivity contribution >= 4 is 5.97 Å². The molecule has 1 saturated heterocycles. The average molecular weight is 589 g/mol. The van der Waals surface area contributed by atoms with Crippen molar-refractivity contribution in [2.24, 2.45) is 11.8 Å². The third-order valence-corrected chi connectivity index (χ3v) is 9.50. The number of pyridine rings is 1. The molecular formula is C35H41FN2O5. The van der Waals surface area contributed by atoms with E-state index >= 15 is 4.39 Å². The largest absolute Gasteiger partial charge is 0.485 e. The molecule has 2 aromatic carbocycles. The van der Waals surface area contributed by atoms with E-state index in [1.54, 1.807) is 13.2 Å². The number of aliphatic carboxylic acids is 1. The summed E-state index contributed by atoms with van der Waals surface area (Å²) in [5.74, 6) is 0.0257. The molecule has 4 atom stereocenters. The fraction of sp³-hybridized carbons (Fsp3) is 0.486. The third-order valence-electron chi connectivity index (χ3n) is 9.50. The van der Waals surface area contributed by atoms with Crippen LogP contribution in [0.4, 0.5) is 4.39 Å². The van der Waals surface area contributed by atoms with E-state index in [0.29, 0.717) is 23.9 Å². The number of carbonyl (C=O) groups is 1. The number of benzene rings is 2. The quantitative estimate of drug-likeness (QED) is 0.279. The number of piperidine rings is 1. The molecule has 7 nitrogen and oxygen atoms in total. The van der Waals surface area contributed by atoms with E-state index in [1.165, 1.54) is 13.3 Å². The van der Waals surface area contributed by atoms with Gasteiger partial charge >= 0.3 is 5.97 Å². The minimum Gasteiger partial charge on any atom is -0.485 e. The zero-order valence-corrected chi connectivity index (χ0v) is 25.2. The van der Waals surface area contributed by atoms with Crippen molar-refractivity contribution in [2.45, 2.75) is 70.1 Å². The number of likely N-dealkylation sites (tertiary alicyclic amines) is 1. The van der Waals surface area contributed by atoms with Gasteiger partial charge < -0.3 is 19.3 Å². The molecule has 43 heavy (non-hydrogen) atoms. The Labute approximate surface area is 253 Å².